The second-order valence-corrected chi connectivity index (χ2v) is 17.1. The van der Waals surface area contributed by atoms with Gasteiger partial charge in [-0.25, -0.2) is 9.78 Å². The summed E-state index contributed by atoms with van der Waals surface area (Å²) in [5.41, 5.74) is 5.87. The zero-order chi connectivity index (χ0) is 38.9. The van der Waals surface area contributed by atoms with Gasteiger partial charge in [0.25, 0.3) is 0 Å². The molecule has 4 aliphatic heterocycles. The number of carbonyl (C=O) groups excluding carboxylic acids is 1. The largest absolute Gasteiger partial charge is 0.386 e. The Hall–Kier alpha value is -4.32. The van der Waals surface area contributed by atoms with Crippen LogP contribution in [0.4, 0.5) is 28.6 Å². The first kappa shape index (κ1) is 38.5. The van der Waals surface area contributed by atoms with E-state index in [0.717, 1.165) is 94.6 Å². The fraction of sp³-hybridized carbons (Fsp3) is 0.478. The molecule has 4 fully saturated rings. The van der Waals surface area contributed by atoms with Crippen molar-refractivity contribution in [2.45, 2.75) is 38.7 Å². The van der Waals surface area contributed by atoms with Crippen LogP contribution in [0.5, 0.6) is 0 Å². The van der Waals surface area contributed by atoms with E-state index in [1.165, 1.54) is 22.5 Å². The highest BCUT2D eigenvalue weighted by Gasteiger charge is 2.61. The number of hydrogen-bond donors (Lipinski definition) is 1. The highest BCUT2D eigenvalue weighted by Crippen LogP contribution is 2.51. The molecular weight excluding hydrogens is 699 g/mol. The van der Waals surface area contributed by atoms with Gasteiger partial charge >= 0.3 is 5.91 Å². The summed E-state index contributed by atoms with van der Waals surface area (Å²) < 4.78 is 5.71. The van der Waals surface area contributed by atoms with E-state index in [1.54, 1.807) is 0 Å². The number of aromatic nitrogens is 1. The van der Waals surface area contributed by atoms with Crippen molar-refractivity contribution in [1.82, 2.24) is 19.3 Å². The highest BCUT2D eigenvalue weighted by molar-refractivity contribution is 6.01. The van der Waals surface area contributed by atoms with Crippen LogP contribution in [0.1, 0.15) is 37.0 Å². The molecule has 1 N–H and O–H groups in total. The van der Waals surface area contributed by atoms with Crippen LogP contribution in [-0.4, -0.2) is 125 Å². The molecule has 0 aliphatic carbocycles. The van der Waals surface area contributed by atoms with E-state index in [-0.39, 0.29) is 10.4 Å². The lowest BCUT2D eigenvalue weighted by Crippen LogP contribution is -2.51. The second-order valence-electron chi connectivity index (χ2n) is 17.1. The molecule has 10 nitrogen and oxygen atoms in total. The lowest BCUT2D eigenvalue weighted by molar-refractivity contribution is -0.133. The molecule has 0 unspecified atom stereocenters. The maximum absolute atomic E-state index is 16.3. The standard InChI is InChI=1S/C46H60N7O3/c1-45(2,55)38-13-15-39(16-14-38)53(40-17-18-43(47-35-40)52-28-31-56-32-29-52)30-19-46(44(53)54,33-36-9-5-7-11-41(36)50-24-20-48(3)21-25-50)34-37-10-6-8-12-42(37)51-26-22-49(4)23-27-51/h5-18,35,55H,19-34H2,1-4H3/q+1/t53-/m0/s1. The van der Waals surface area contributed by atoms with Gasteiger partial charge in [-0.05, 0) is 75.7 Å². The molecule has 5 heterocycles. The Kier molecular flexibility index (Phi) is 10.9. The van der Waals surface area contributed by atoms with Crippen LogP contribution in [0.25, 0.3) is 0 Å². The number of pyridine rings is 1. The van der Waals surface area contributed by atoms with Crippen molar-refractivity contribution in [3.8, 4) is 0 Å². The van der Waals surface area contributed by atoms with Gasteiger partial charge in [0.2, 0.25) is 0 Å². The number of anilines is 3. The van der Waals surface area contributed by atoms with E-state index in [4.69, 9.17) is 9.72 Å². The van der Waals surface area contributed by atoms with Crippen molar-refractivity contribution in [3.63, 3.8) is 0 Å². The Balaban J connectivity index is 1.25. The number of nitrogens with zero attached hydrogens (tertiary/aromatic N) is 7. The van der Waals surface area contributed by atoms with Crippen molar-refractivity contribution in [2.75, 3.05) is 114 Å². The summed E-state index contributed by atoms with van der Waals surface area (Å²) in [6.07, 6.45) is 3.95. The lowest BCUT2D eigenvalue weighted by atomic mass is 9.74. The molecule has 1 amide bonds. The molecule has 0 bridgehead atoms. The molecule has 0 spiro atoms. The average molecular weight is 759 g/mol. The normalized spacial score (nSPS) is 22.5. The van der Waals surface area contributed by atoms with Crippen molar-refractivity contribution in [3.05, 3.63) is 108 Å². The minimum absolute atomic E-state index is 0.0792. The van der Waals surface area contributed by atoms with Crippen LogP contribution in [-0.2, 0) is 28.0 Å². The molecule has 1 aromatic heterocycles. The van der Waals surface area contributed by atoms with E-state index in [0.29, 0.717) is 32.6 Å². The van der Waals surface area contributed by atoms with Gasteiger partial charge in [-0.1, -0.05) is 48.5 Å². The third-order valence-corrected chi connectivity index (χ3v) is 13.0. The van der Waals surface area contributed by atoms with Crippen molar-refractivity contribution in [2.24, 2.45) is 5.41 Å². The molecule has 4 aliphatic rings. The molecule has 10 heteroatoms. The summed E-state index contributed by atoms with van der Waals surface area (Å²) >= 11 is 0. The van der Waals surface area contributed by atoms with Gasteiger partial charge in [-0.3, -0.25) is 0 Å². The van der Waals surface area contributed by atoms with Gasteiger partial charge in [0, 0.05) is 101 Å². The predicted octanol–water partition coefficient (Wildman–Crippen LogP) is 5.69. The van der Waals surface area contributed by atoms with Crippen molar-refractivity contribution < 1.29 is 14.6 Å². The summed E-state index contributed by atoms with van der Waals surface area (Å²) in [7, 11) is 4.39. The van der Waals surface area contributed by atoms with Crippen LogP contribution >= 0.6 is 0 Å². The fourth-order valence-electron chi connectivity index (χ4n) is 9.50. The molecule has 0 radical (unpaired) electrons. The molecular formula is C46H60N7O3+. The Morgan fingerprint density at radius 3 is 1.70 bits per heavy atom. The van der Waals surface area contributed by atoms with E-state index in [9.17, 15) is 5.11 Å². The first-order valence-electron chi connectivity index (χ1n) is 20.6. The zero-order valence-corrected chi connectivity index (χ0v) is 33.9. The zero-order valence-electron chi connectivity index (χ0n) is 33.9. The number of likely N-dealkylation sites (N-methyl/N-ethyl adjacent to an activating group) is 2. The maximum atomic E-state index is 16.3. The van der Waals surface area contributed by atoms with Gasteiger partial charge in [0.15, 0.2) is 5.69 Å². The number of carbonyl (C=O) groups is 1. The number of benzene rings is 3. The molecule has 296 valence electrons. The topological polar surface area (TPSA) is 75.6 Å². The SMILES string of the molecule is CN1CCN(c2ccccc2CC2(Cc3ccccc3N3CCN(C)CC3)CC[N@+](c3ccc(C(C)(C)O)cc3)(c3ccc(N4CCOCC4)nc3)C2=O)CC1. The van der Waals surface area contributed by atoms with Crippen LogP contribution < -0.4 is 19.2 Å². The third kappa shape index (κ3) is 7.57. The number of morpholine rings is 1. The number of amides is 1. The number of quaternary nitrogens is 1. The number of ether oxygens (including phenoxy) is 1. The van der Waals surface area contributed by atoms with E-state index in [2.05, 4.69) is 111 Å². The van der Waals surface area contributed by atoms with Crippen LogP contribution in [0.2, 0.25) is 0 Å². The number of aliphatic hydroxyl groups is 1. The summed E-state index contributed by atoms with van der Waals surface area (Å²) in [6.45, 7) is 15.1. The minimum Gasteiger partial charge on any atom is -0.386 e. The summed E-state index contributed by atoms with van der Waals surface area (Å²) in [5.74, 6) is 1.11. The van der Waals surface area contributed by atoms with Gasteiger partial charge in [0.1, 0.15) is 11.5 Å². The van der Waals surface area contributed by atoms with Crippen molar-refractivity contribution >= 4 is 34.5 Å². The predicted molar refractivity (Wildman–Crippen MR) is 227 cm³/mol. The number of hydrogen-bond acceptors (Lipinski definition) is 9. The number of piperazine rings is 2. The third-order valence-electron chi connectivity index (χ3n) is 13.0. The Morgan fingerprint density at radius 2 is 1.20 bits per heavy atom. The maximum Gasteiger partial charge on any atom is 0.330 e. The van der Waals surface area contributed by atoms with Crippen molar-refractivity contribution in [1.29, 1.82) is 0 Å². The molecule has 1 atom stereocenters. The van der Waals surface area contributed by atoms with Crippen LogP contribution in [0.15, 0.2) is 91.1 Å². The molecule has 4 aromatic rings. The smallest absolute Gasteiger partial charge is 0.330 e. The second kappa shape index (κ2) is 15.9. The minimum atomic E-state index is -0.997. The monoisotopic (exact) mass is 758 g/mol. The Labute approximate surface area is 333 Å². The number of para-hydroxylation sites is 2. The molecule has 4 saturated heterocycles. The molecule has 8 rings (SSSR count). The van der Waals surface area contributed by atoms with Gasteiger partial charge in [0.05, 0.1) is 37.0 Å². The quantitative estimate of drug-likeness (QED) is 0.206. The molecule has 0 saturated carbocycles. The first-order valence-corrected chi connectivity index (χ1v) is 20.6. The van der Waals surface area contributed by atoms with E-state index in [1.807, 2.05) is 32.2 Å². The van der Waals surface area contributed by atoms with Crippen LogP contribution in [0.3, 0.4) is 0 Å². The summed E-state index contributed by atoms with van der Waals surface area (Å²) in [6, 6.07) is 30.0. The number of rotatable bonds is 10. The Morgan fingerprint density at radius 1 is 0.679 bits per heavy atom. The molecule has 3 aromatic carbocycles. The van der Waals surface area contributed by atoms with E-state index >= 15 is 4.79 Å². The fourth-order valence-corrected chi connectivity index (χ4v) is 9.50. The summed E-state index contributed by atoms with van der Waals surface area (Å²) in [4.78, 5) is 33.4. The van der Waals surface area contributed by atoms with Gasteiger partial charge in [-0.2, -0.15) is 4.48 Å². The van der Waals surface area contributed by atoms with E-state index < -0.39 is 11.0 Å². The van der Waals surface area contributed by atoms with Crippen LogP contribution in [0, 0.1) is 5.41 Å². The summed E-state index contributed by atoms with van der Waals surface area (Å²) in [5, 5.41) is 10.9. The first-order chi connectivity index (χ1) is 27.1. The lowest BCUT2D eigenvalue weighted by Gasteiger charge is -2.38. The van der Waals surface area contributed by atoms with Gasteiger partial charge < -0.3 is 34.3 Å². The highest BCUT2D eigenvalue weighted by atomic mass is 16.5. The molecule has 56 heavy (non-hydrogen) atoms. The van der Waals surface area contributed by atoms with Gasteiger partial charge in [-0.15, -0.1) is 0 Å². The average Bonchev–Trinajstić information content (AvgIpc) is 3.50. The Bertz CT molecular complexity index is 1890.